The molecule has 0 saturated carbocycles. The van der Waals surface area contributed by atoms with E-state index in [0.717, 1.165) is 5.56 Å². The zero-order valence-electron chi connectivity index (χ0n) is 17.3. The summed E-state index contributed by atoms with van der Waals surface area (Å²) < 4.78 is 5.70. The molecule has 4 aromatic rings. The van der Waals surface area contributed by atoms with E-state index in [0.29, 0.717) is 21.6 Å². The number of aliphatic hydroxyl groups excluding tert-OH is 1. The molecule has 3 heterocycles. The quantitative estimate of drug-likeness (QED) is 0.401. The van der Waals surface area contributed by atoms with Crippen molar-refractivity contribution in [3.8, 4) is 5.75 Å². The van der Waals surface area contributed by atoms with Crippen LogP contribution in [0.3, 0.4) is 0 Å². The van der Waals surface area contributed by atoms with Gasteiger partial charge in [0.15, 0.2) is 11.5 Å². The van der Waals surface area contributed by atoms with Crippen LogP contribution in [-0.4, -0.2) is 26.9 Å². The third-order valence-electron chi connectivity index (χ3n) is 5.57. The first kappa shape index (κ1) is 20.8. The molecule has 1 aliphatic rings. The number of aromatic nitrogens is 1. The number of carbonyl (C=O) groups is 2. The molecule has 1 aliphatic heterocycles. The van der Waals surface area contributed by atoms with Gasteiger partial charge in [0.25, 0.3) is 5.91 Å². The zero-order chi connectivity index (χ0) is 23.3. The molecule has 33 heavy (non-hydrogen) atoms. The molecule has 8 heteroatoms. The van der Waals surface area contributed by atoms with Crippen molar-refractivity contribution >= 4 is 39.9 Å². The summed E-state index contributed by atoms with van der Waals surface area (Å²) in [5.74, 6) is -2.37. The van der Waals surface area contributed by atoms with Gasteiger partial charge in [-0.25, -0.2) is 0 Å². The number of carbonyl (C=O) groups excluding carboxylic acids is 2. The fourth-order valence-electron chi connectivity index (χ4n) is 4.03. The largest absolute Gasteiger partial charge is 0.506 e. The number of hydrogen-bond donors (Lipinski definition) is 2. The molecular weight excluding hydrogens is 444 g/mol. The monoisotopic (exact) mass is 460 g/mol. The van der Waals surface area contributed by atoms with Crippen LogP contribution in [0.15, 0.2) is 82.7 Å². The molecule has 1 unspecified atom stereocenters. The van der Waals surface area contributed by atoms with Gasteiger partial charge < -0.3 is 14.6 Å². The number of ketones is 1. The summed E-state index contributed by atoms with van der Waals surface area (Å²) in [7, 11) is 0. The number of aryl methyl sites for hydroxylation is 1. The van der Waals surface area contributed by atoms with E-state index in [2.05, 4.69) is 4.98 Å². The van der Waals surface area contributed by atoms with Gasteiger partial charge in [-0.05, 0) is 66.6 Å². The highest BCUT2D eigenvalue weighted by atomic mass is 35.5. The highest BCUT2D eigenvalue weighted by Gasteiger charge is 2.46. The summed E-state index contributed by atoms with van der Waals surface area (Å²) in [4.78, 5) is 32.0. The van der Waals surface area contributed by atoms with Crippen LogP contribution in [0.4, 0.5) is 5.69 Å². The maximum atomic E-state index is 13.6. The number of halogens is 1. The van der Waals surface area contributed by atoms with E-state index in [1.165, 1.54) is 29.4 Å². The number of hydrogen-bond acceptors (Lipinski definition) is 6. The molecule has 1 atom stereocenters. The van der Waals surface area contributed by atoms with Crippen LogP contribution in [0.5, 0.6) is 5.75 Å². The van der Waals surface area contributed by atoms with E-state index in [1.54, 1.807) is 42.5 Å². The average molecular weight is 461 g/mol. The second-order valence-electron chi connectivity index (χ2n) is 7.73. The van der Waals surface area contributed by atoms with Gasteiger partial charge >= 0.3 is 0 Å². The van der Waals surface area contributed by atoms with Crippen molar-refractivity contribution < 1.29 is 24.2 Å². The first-order valence-corrected chi connectivity index (χ1v) is 10.4. The Morgan fingerprint density at radius 2 is 1.82 bits per heavy atom. The number of nitrogens with zero attached hydrogens (tertiary/aromatic N) is 2. The Hall–Kier alpha value is -4.10. The summed E-state index contributed by atoms with van der Waals surface area (Å²) in [5.41, 5.74) is 1.79. The third-order valence-corrected chi connectivity index (χ3v) is 5.80. The van der Waals surface area contributed by atoms with Gasteiger partial charge in [-0.1, -0.05) is 17.7 Å². The standard InChI is InChI=1S/C25H17ClN2O5/c1-13-2-4-18(29)17(10-13)28-22(14-6-8-27-9-7-14)21(24(31)25(28)32)23(30)20-12-15-11-16(26)3-5-19(15)33-20/h2-12,22,29,31H,1H3. The molecule has 2 aromatic heterocycles. The van der Waals surface area contributed by atoms with E-state index in [4.69, 9.17) is 16.0 Å². The molecule has 2 N–H and O–H groups in total. The Morgan fingerprint density at radius 3 is 2.58 bits per heavy atom. The molecule has 0 saturated heterocycles. The first-order valence-electron chi connectivity index (χ1n) is 10.0. The lowest BCUT2D eigenvalue weighted by Gasteiger charge is -2.27. The summed E-state index contributed by atoms with van der Waals surface area (Å²) in [6, 6.07) is 13.5. The van der Waals surface area contributed by atoms with Crippen molar-refractivity contribution in [1.82, 2.24) is 4.98 Å². The molecule has 1 amide bonds. The van der Waals surface area contributed by atoms with Crippen molar-refractivity contribution in [2.75, 3.05) is 4.90 Å². The first-order chi connectivity index (χ1) is 15.8. The molecule has 0 aliphatic carbocycles. The van der Waals surface area contributed by atoms with E-state index < -0.39 is 23.5 Å². The fourth-order valence-corrected chi connectivity index (χ4v) is 4.21. The molecular formula is C25H17ClN2O5. The average Bonchev–Trinajstić information content (AvgIpc) is 3.34. The Morgan fingerprint density at radius 1 is 1.06 bits per heavy atom. The van der Waals surface area contributed by atoms with Crippen molar-refractivity contribution in [3.63, 3.8) is 0 Å². The summed E-state index contributed by atoms with van der Waals surface area (Å²) in [6.07, 6.45) is 3.05. The second kappa shape index (κ2) is 7.79. The van der Waals surface area contributed by atoms with E-state index in [9.17, 15) is 19.8 Å². The third kappa shape index (κ3) is 3.43. The number of amides is 1. The molecule has 2 aromatic carbocycles. The van der Waals surface area contributed by atoms with Crippen molar-refractivity contribution in [2.45, 2.75) is 13.0 Å². The van der Waals surface area contributed by atoms with Gasteiger partial charge in [0.1, 0.15) is 11.3 Å². The van der Waals surface area contributed by atoms with Crippen LogP contribution in [0.25, 0.3) is 11.0 Å². The number of pyridine rings is 1. The van der Waals surface area contributed by atoms with Gasteiger partial charge in [-0.3, -0.25) is 19.5 Å². The molecule has 7 nitrogen and oxygen atoms in total. The van der Waals surface area contributed by atoms with E-state index >= 15 is 0 Å². The maximum absolute atomic E-state index is 13.6. The van der Waals surface area contributed by atoms with Crippen molar-refractivity contribution in [1.29, 1.82) is 0 Å². The summed E-state index contributed by atoms with van der Waals surface area (Å²) in [6.45, 7) is 1.81. The van der Waals surface area contributed by atoms with Crippen LogP contribution in [-0.2, 0) is 4.79 Å². The number of Topliss-reactive ketones (excluding diaryl/α,β-unsaturated/α-hetero) is 1. The lowest BCUT2D eigenvalue weighted by Crippen LogP contribution is -2.31. The van der Waals surface area contributed by atoms with Gasteiger partial charge in [0, 0.05) is 22.8 Å². The number of furan rings is 1. The van der Waals surface area contributed by atoms with Crippen LogP contribution < -0.4 is 4.90 Å². The van der Waals surface area contributed by atoms with E-state index in [-0.39, 0.29) is 22.8 Å². The number of benzene rings is 2. The molecule has 0 bridgehead atoms. The number of anilines is 1. The van der Waals surface area contributed by atoms with Crippen LogP contribution in [0.2, 0.25) is 5.02 Å². The van der Waals surface area contributed by atoms with Crippen molar-refractivity contribution in [2.24, 2.45) is 0 Å². The molecule has 5 rings (SSSR count). The smallest absolute Gasteiger partial charge is 0.294 e. The topological polar surface area (TPSA) is 104 Å². The van der Waals surface area contributed by atoms with Gasteiger partial charge in [0.2, 0.25) is 5.78 Å². The number of aliphatic hydroxyl groups is 1. The number of phenols is 1. The van der Waals surface area contributed by atoms with Gasteiger partial charge in [-0.2, -0.15) is 0 Å². The Labute approximate surface area is 193 Å². The number of fused-ring (bicyclic) bond motifs is 1. The Kier molecular flexibility index (Phi) is 4.91. The minimum Gasteiger partial charge on any atom is -0.506 e. The number of phenolic OH excluding ortho intramolecular Hbond substituents is 1. The lowest BCUT2D eigenvalue weighted by atomic mass is 9.95. The number of rotatable bonds is 4. The van der Waals surface area contributed by atoms with Gasteiger partial charge in [0.05, 0.1) is 17.3 Å². The minimum atomic E-state index is -1.00. The predicted octanol–water partition coefficient (Wildman–Crippen LogP) is 5.28. The Bertz CT molecular complexity index is 1460. The molecule has 0 fully saturated rings. The minimum absolute atomic E-state index is 0.0454. The van der Waals surface area contributed by atoms with Crippen LogP contribution >= 0.6 is 11.6 Å². The molecule has 0 radical (unpaired) electrons. The molecule has 164 valence electrons. The summed E-state index contributed by atoms with van der Waals surface area (Å²) in [5, 5.41) is 22.4. The lowest BCUT2D eigenvalue weighted by molar-refractivity contribution is -0.117. The van der Waals surface area contributed by atoms with Gasteiger partial charge in [-0.15, -0.1) is 0 Å². The predicted molar refractivity (Wildman–Crippen MR) is 123 cm³/mol. The second-order valence-corrected chi connectivity index (χ2v) is 8.17. The van der Waals surface area contributed by atoms with Crippen molar-refractivity contribution in [3.05, 3.63) is 100 Å². The zero-order valence-corrected chi connectivity index (χ0v) is 18.1. The maximum Gasteiger partial charge on any atom is 0.294 e. The number of aromatic hydroxyl groups is 1. The fraction of sp³-hybridized carbons (Fsp3) is 0.0800. The normalized spacial score (nSPS) is 16.1. The van der Waals surface area contributed by atoms with Crippen LogP contribution in [0, 0.1) is 6.92 Å². The van der Waals surface area contributed by atoms with Crippen LogP contribution in [0.1, 0.15) is 27.7 Å². The SMILES string of the molecule is Cc1ccc(O)c(N2C(=O)C(O)=C(C(=O)c3cc4cc(Cl)ccc4o3)C2c2ccncc2)c1. The Balaban J connectivity index is 1.68. The highest BCUT2D eigenvalue weighted by Crippen LogP contribution is 2.45. The highest BCUT2D eigenvalue weighted by molar-refractivity contribution is 6.31. The molecule has 0 spiro atoms. The summed E-state index contributed by atoms with van der Waals surface area (Å²) >= 11 is 6.04. The van der Waals surface area contributed by atoms with E-state index in [1.807, 2.05) is 6.92 Å².